The molecule has 1 N–H and O–H groups in total. The quantitative estimate of drug-likeness (QED) is 0.827. The van der Waals surface area contributed by atoms with Crippen molar-refractivity contribution in [1.29, 1.82) is 0 Å². The van der Waals surface area contributed by atoms with Gasteiger partial charge in [-0.05, 0) is 12.1 Å². The Kier molecular flexibility index (Phi) is 2.41. The van der Waals surface area contributed by atoms with E-state index >= 15 is 0 Å². The summed E-state index contributed by atoms with van der Waals surface area (Å²) in [6.45, 7) is -0.111. The fraction of sp³-hybridized carbons (Fsp3) is 0.300. The van der Waals surface area contributed by atoms with Crippen LogP contribution in [0.5, 0.6) is 0 Å². The molecule has 1 heterocycles. The number of hydrogen-bond donors (Lipinski definition) is 1. The molecule has 86 valence electrons. The van der Waals surface area contributed by atoms with Crippen molar-refractivity contribution in [3.05, 3.63) is 23.8 Å². The first-order valence-electron chi connectivity index (χ1n) is 4.66. The van der Waals surface area contributed by atoms with Crippen molar-refractivity contribution in [3.8, 4) is 0 Å². The minimum atomic E-state index is -1.08. The first kappa shape index (κ1) is 10.7. The van der Waals surface area contributed by atoms with E-state index in [-0.39, 0.29) is 18.9 Å². The van der Waals surface area contributed by atoms with Gasteiger partial charge in [-0.1, -0.05) is 0 Å². The normalized spacial score (nSPS) is 14.2. The molecule has 0 saturated carbocycles. The molecule has 6 heteroatoms. The largest absolute Gasteiger partial charge is 0.480 e. The second kappa shape index (κ2) is 3.62. The van der Waals surface area contributed by atoms with Crippen LogP contribution in [0.4, 0.5) is 20.2 Å². The molecule has 0 amide bonds. The lowest BCUT2D eigenvalue weighted by molar-refractivity contribution is -0.135. The second-order valence-electron chi connectivity index (χ2n) is 3.66. The summed E-state index contributed by atoms with van der Waals surface area (Å²) in [6, 6.07) is 2.48. The monoisotopic (exact) mass is 228 g/mol. The second-order valence-corrected chi connectivity index (χ2v) is 3.66. The van der Waals surface area contributed by atoms with E-state index < -0.39 is 17.6 Å². The maximum atomic E-state index is 13.5. The highest BCUT2D eigenvalue weighted by Crippen LogP contribution is 2.37. The summed E-state index contributed by atoms with van der Waals surface area (Å²) in [5, 5.41) is 8.67. The molecule has 0 radical (unpaired) electrons. The summed E-state index contributed by atoms with van der Waals surface area (Å²) >= 11 is 0. The molecule has 0 unspecified atom stereocenters. The third-order valence-corrected chi connectivity index (χ3v) is 2.48. The zero-order valence-corrected chi connectivity index (χ0v) is 8.57. The number of nitrogens with zero attached hydrogens (tertiary/aromatic N) is 2. The van der Waals surface area contributed by atoms with Crippen LogP contribution in [-0.4, -0.2) is 31.3 Å². The third kappa shape index (κ3) is 1.56. The lowest BCUT2D eigenvalue weighted by Crippen LogP contribution is -2.33. The number of halogens is 2. The summed E-state index contributed by atoms with van der Waals surface area (Å²) in [6.07, 6.45) is 0. The summed E-state index contributed by atoms with van der Waals surface area (Å²) in [5.74, 6) is -3.04. The molecule has 0 spiro atoms. The Morgan fingerprint density at radius 2 is 2.19 bits per heavy atom. The maximum Gasteiger partial charge on any atom is 0.323 e. The molecule has 0 aliphatic carbocycles. The number of hydrogen-bond acceptors (Lipinski definition) is 3. The number of carbonyl (C=O) groups is 1. The van der Waals surface area contributed by atoms with Gasteiger partial charge in [-0.2, -0.15) is 0 Å². The summed E-state index contributed by atoms with van der Waals surface area (Å²) in [5.41, 5.74) is 0.519. The van der Waals surface area contributed by atoms with E-state index in [9.17, 15) is 13.6 Å². The molecule has 1 aliphatic rings. The van der Waals surface area contributed by atoms with Crippen molar-refractivity contribution in [2.45, 2.75) is 0 Å². The molecule has 1 aromatic rings. The average Bonchev–Trinajstić information content (AvgIpc) is 2.49. The summed E-state index contributed by atoms with van der Waals surface area (Å²) < 4.78 is 26.6. The number of rotatable bonds is 2. The lowest BCUT2D eigenvalue weighted by Gasteiger charge is -2.16. The van der Waals surface area contributed by atoms with Crippen LogP contribution in [0.25, 0.3) is 0 Å². The van der Waals surface area contributed by atoms with E-state index in [4.69, 9.17) is 5.11 Å². The number of benzene rings is 1. The number of fused-ring (bicyclic) bond motifs is 1. The van der Waals surface area contributed by atoms with E-state index in [0.717, 1.165) is 6.07 Å². The molecule has 1 aromatic carbocycles. The third-order valence-electron chi connectivity index (χ3n) is 2.48. The highest BCUT2D eigenvalue weighted by Gasteiger charge is 2.29. The Balaban J connectivity index is 2.46. The van der Waals surface area contributed by atoms with E-state index in [1.807, 2.05) is 0 Å². The predicted molar refractivity (Wildman–Crippen MR) is 54.6 cm³/mol. The first-order valence-corrected chi connectivity index (χ1v) is 4.66. The molecule has 0 bridgehead atoms. The van der Waals surface area contributed by atoms with Gasteiger partial charge in [-0.15, -0.1) is 0 Å². The van der Waals surface area contributed by atoms with Crippen molar-refractivity contribution >= 4 is 17.3 Å². The highest BCUT2D eigenvalue weighted by molar-refractivity contribution is 5.82. The Morgan fingerprint density at radius 1 is 1.50 bits per heavy atom. The first-order chi connectivity index (χ1) is 7.50. The molecule has 0 aromatic heterocycles. The van der Waals surface area contributed by atoms with Crippen molar-refractivity contribution in [2.24, 2.45) is 0 Å². The van der Waals surface area contributed by atoms with Gasteiger partial charge in [0.25, 0.3) is 0 Å². The molecule has 1 aliphatic heterocycles. The molecular weight excluding hydrogens is 218 g/mol. The van der Waals surface area contributed by atoms with Crippen LogP contribution in [-0.2, 0) is 4.79 Å². The number of carboxylic acids is 1. The zero-order valence-electron chi connectivity index (χ0n) is 8.57. The molecule has 0 fully saturated rings. The minimum absolute atomic E-state index is 0.0184. The summed E-state index contributed by atoms with van der Waals surface area (Å²) in [4.78, 5) is 13.5. The molecular formula is C10H10F2N2O2. The maximum absolute atomic E-state index is 13.5. The number of anilines is 2. The molecule has 2 rings (SSSR count). The Morgan fingerprint density at radius 3 is 2.81 bits per heavy atom. The van der Waals surface area contributed by atoms with Gasteiger partial charge < -0.3 is 14.9 Å². The van der Waals surface area contributed by atoms with Crippen molar-refractivity contribution < 1.29 is 18.7 Å². The van der Waals surface area contributed by atoms with E-state index in [1.54, 1.807) is 11.9 Å². The van der Waals surface area contributed by atoms with Gasteiger partial charge in [0.05, 0.1) is 12.4 Å². The van der Waals surface area contributed by atoms with Crippen LogP contribution in [0.2, 0.25) is 0 Å². The molecule has 0 saturated heterocycles. The Labute approximate surface area is 90.7 Å². The van der Waals surface area contributed by atoms with Crippen LogP contribution in [0.3, 0.4) is 0 Å². The zero-order chi connectivity index (χ0) is 11.9. The van der Waals surface area contributed by atoms with Gasteiger partial charge in [-0.3, -0.25) is 4.79 Å². The van der Waals surface area contributed by atoms with Crippen LogP contribution in [0.1, 0.15) is 0 Å². The van der Waals surface area contributed by atoms with Crippen LogP contribution < -0.4 is 9.80 Å². The van der Waals surface area contributed by atoms with Gasteiger partial charge >= 0.3 is 5.97 Å². The number of carboxylic acid groups (broad SMARTS) is 1. The van der Waals surface area contributed by atoms with Gasteiger partial charge in [0.1, 0.15) is 12.2 Å². The smallest absolute Gasteiger partial charge is 0.323 e. The lowest BCUT2D eigenvalue weighted by atomic mass is 10.2. The van der Waals surface area contributed by atoms with E-state index in [2.05, 4.69) is 0 Å². The van der Waals surface area contributed by atoms with Crippen LogP contribution in [0, 0.1) is 11.6 Å². The van der Waals surface area contributed by atoms with E-state index in [0.29, 0.717) is 5.69 Å². The van der Waals surface area contributed by atoms with Crippen molar-refractivity contribution in [3.63, 3.8) is 0 Å². The molecule has 0 atom stereocenters. The van der Waals surface area contributed by atoms with Crippen LogP contribution in [0.15, 0.2) is 12.1 Å². The fourth-order valence-electron chi connectivity index (χ4n) is 1.83. The average molecular weight is 228 g/mol. The van der Waals surface area contributed by atoms with Crippen molar-refractivity contribution in [2.75, 3.05) is 30.1 Å². The molecule has 4 nitrogen and oxygen atoms in total. The fourth-order valence-corrected chi connectivity index (χ4v) is 1.83. The number of aliphatic carboxylic acids is 1. The van der Waals surface area contributed by atoms with Gasteiger partial charge in [-0.25, -0.2) is 8.78 Å². The predicted octanol–water partition coefficient (Wildman–Crippen LogP) is 1.26. The Hall–Kier alpha value is -1.85. The minimum Gasteiger partial charge on any atom is -0.480 e. The van der Waals surface area contributed by atoms with E-state index in [1.165, 1.54) is 11.0 Å². The topological polar surface area (TPSA) is 43.8 Å². The standard InChI is InChI=1S/C10H10F2N2O2/c1-13-5-14(4-8(15)16)10-7(13)3-2-6(11)9(10)12/h2-3H,4-5H2,1H3,(H,15,16). The van der Waals surface area contributed by atoms with Gasteiger partial charge in [0, 0.05) is 7.05 Å². The van der Waals surface area contributed by atoms with Crippen LogP contribution >= 0.6 is 0 Å². The summed E-state index contributed by atoms with van der Waals surface area (Å²) in [7, 11) is 1.69. The highest BCUT2D eigenvalue weighted by atomic mass is 19.2. The van der Waals surface area contributed by atoms with Gasteiger partial charge in [0.2, 0.25) is 0 Å². The van der Waals surface area contributed by atoms with Crippen molar-refractivity contribution in [1.82, 2.24) is 0 Å². The Bertz CT molecular complexity index is 451. The molecule has 16 heavy (non-hydrogen) atoms. The van der Waals surface area contributed by atoms with Gasteiger partial charge in [0.15, 0.2) is 11.6 Å². The SMILES string of the molecule is CN1CN(CC(=O)O)c2c1ccc(F)c2F.